The van der Waals surface area contributed by atoms with E-state index < -0.39 is 11.4 Å². The molecule has 1 fully saturated rings. The Bertz CT molecular complexity index is 503. The van der Waals surface area contributed by atoms with Crippen LogP contribution in [0.15, 0.2) is 30.3 Å². The molecule has 0 bridgehead atoms. The molecule has 1 aromatic rings. The summed E-state index contributed by atoms with van der Waals surface area (Å²) in [6.45, 7) is 2.56. The smallest absolute Gasteiger partial charge is 0.247 e. The number of carbonyl (C=O) groups excluding carboxylic acids is 2. The number of amides is 2. The van der Waals surface area contributed by atoms with Crippen LogP contribution in [-0.4, -0.2) is 35.9 Å². The summed E-state index contributed by atoms with van der Waals surface area (Å²) in [6.07, 6.45) is 0.350. The predicted octanol–water partition coefficient (Wildman–Crippen LogP) is 0.598. The van der Waals surface area contributed by atoms with Crippen LogP contribution in [0.25, 0.3) is 0 Å². The third-order valence-electron chi connectivity index (χ3n) is 3.66. The average Bonchev–Trinajstić information content (AvgIpc) is 2.48. The van der Waals surface area contributed by atoms with Gasteiger partial charge in [-0.05, 0) is 12.5 Å². The van der Waals surface area contributed by atoms with E-state index in [1.54, 1.807) is 19.1 Å². The van der Waals surface area contributed by atoms with E-state index in [0.29, 0.717) is 12.0 Å². The highest BCUT2D eigenvalue weighted by atomic mass is 32.2. The lowest BCUT2D eigenvalue weighted by Crippen LogP contribution is -2.54. The predicted molar refractivity (Wildman–Crippen MR) is 84.9 cm³/mol. The molecule has 2 atom stereocenters. The molecule has 1 aliphatic heterocycles. The summed E-state index contributed by atoms with van der Waals surface area (Å²) in [5.74, 6) is 1.25. The number of primary amides is 1. The SMILES string of the molecule is CC(NC(=O)CC1CSCCN1)(C(N)=O)c1ccccc1. The number of benzene rings is 1. The van der Waals surface area contributed by atoms with Gasteiger partial charge in [0.25, 0.3) is 0 Å². The molecule has 1 heterocycles. The largest absolute Gasteiger partial charge is 0.367 e. The second-order valence-electron chi connectivity index (χ2n) is 5.33. The lowest BCUT2D eigenvalue weighted by atomic mass is 9.91. The van der Waals surface area contributed by atoms with Gasteiger partial charge in [-0.1, -0.05) is 30.3 Å². The summed E-state index contributed by atoms with van der Waals surface area (Å²) in [7, 11) is 0. The normalized spacial score (nSPS) is 21.3. The van der Waals surface area contributed by atoms with Gasteiger partial charge in [0.05, 0.1) is 0 Å². The van der Waals surface area contributed by atoms with Gasteiger partial charge in [-0.15, -0.1) is 0 Å². The van der Waals surface area contributed by atoms with E-state index in [0.717, 1.165) is 18.1 Å². The summed E-state index contributed by atoms with van der Waals surface area (Å²) in [6, 6.07) is 9.23. The van der Waals surface area contributed by atoms with Crippen LogP contribution in [-0.2, 0) is 15.1 Å². The first kappa shape index (κ1) is 15.9. The maximum Gasteiger partial charge on any atom is 0.247 e. The number of rotatable bonds is 5. The molecule has 6 heteroatoms. The molecule has 5 nitrogen and oxygen atoms in total. The van der Waals surface area contributed by atoms with Crippen LogP contribution in [0.5, 0.6) is 0 Å². The minimum absolute atomic E-state index is 0.150. The lowest BCUT2D eigenvalue weighted by Gasteiger charge is -2.29. The minimum Gasteiger partial charge on any atom is -0.367 e. The summed E-state index contributed by atoms with van der Waals surface area (Å²) < 4.78 is 0. The number of carbonyl (C=O) groups is 2. The molecule has 4 N–H and O–H groups in total. The standard InChI is InChI=1S/C15H21N3O2S/c1-15(14(16)20,11-5-3-2-4-6-11)18-13(19)9-12-10-21-8-7-17-12/h2-6,12,17H,7-10H2,1H3,(H2,16,20)(H,18,19). The Kier molecular flexibility index (Phi) is 5.25. The van der Waals surface area contributed by atoms with E-state index in [9.17, 15) is 9.59 Å². The van der Waals surface area contributed by atoms with Crippen molar-refractivity contribution in [3.8, 4) is 0 Å². The average molecular weight is 307 g/mol. The molecule has 0 radical (unpaired) electrons. The molecule has 0 aliphatic carbocycles. The molecule has 1 aromatic carbocycles. The highest BCUT2D eigenvalue weighted by Crippen LogP contribution is 2.20. The number of hydrogen-bond acceptors (Lipinski definition) is 4. The second-order valence-corrected chi connectivity index (χ2v) is 6.48. The molecule has 114 valence electrons. The Hall–Kier alpha value is -1.53. The summed E-state index contributed by atoms with van der Waals surface area (Å²) >= 11 is 1.83. The van der Waals surface area contributed by atoms with Crippen molar-refractivity contribution in [2.75, 3.05) is 18.1 Å². The summed E-state index contributed by atoms with van der Waals surface area (Å²) in [4.78, 5) is 24.1. The fraction of sp³-hybridized carbons (Fsp3) is 0.467. The van der Waals surface area contributed by atoms with Gasteiger partial charge in [0.2, 0.25) is 11.8 Å². The maximum absolute atomic E-state index is 12.2. The quantitative estimate of drug-likeness (QED) is 0.744. The van der Waals surface area contributed by atoms with Crippen LogP contribution in [0.4, 0.5) is 0 Å². The molecule has 2 unspecified atom stereocenters. The van der Waals surface area contributed by atoms with Crippen molar-refractivity contribution < 1.29 is 9.59 Å². The molecular weight excluding hydrogens is 286 g/mol. The Morgan fingerprint density at radius 3 is 2.71 bits per heavy atom. The Balaban J connectivity index is 2.05. The van der Waals surface area contributed by atoms with E-state index >= 15 is 0 Å². The number of nitrogens with two attached hydrogens (primary N) is 1. The van der Waals surface area contributed by atoms with Gasteiger partial charge >= 0.3 is 0 Å². The second kappa shape index (κ2) is 6.95. The molecule has 1 aliphatic rings. The van der Waals surface area contributed by atoms with Crippen molar-refractivity contribution in [1.29, 1.82) is 0 Å². The van der Waals surface area contributed by atoms with Crippen molar-refractivity contribution in [3.05, 3.63) is 35.9 Å². The number of hydrogen-bond donors (Lipinski definition) is 3. The van der Waals surface area contributed by atoms with Crippen molar-refractivity contribution in [3.63, 3.8) is 0 Å². The van der Waals surface area contributed by atoms with Gasteiger partial charge in [0, 0.05) is 30.5 Å². The Morgan fingerprint density at radius 2 is 2.14 bits per heavy atom. The zero-order valence-electron chi connectivity index (χ0n) is 12.1. The van der Waals surface area contributed by atoms with Crippen LogP contribution in [0.2, 0.25) is 0 Å². The van der Waals surface area contributed by atoms with Gasteiger partial charge in [0.1, 0.15) is 5.54 Å². The fourth-order valence-electron chi connectivity index (χ4n) is 2.35. The van der Waals surface area contributed by atoms with Crippen LogP contribution in [0.3, 0.4) is 0 Å². The fourth-order valence-corrected chi connectivity index (χ4v) is 3.30. The molecule has 2 rings (SSSR count). The van der Waals surface area contributed by atoms with Gasteiger partial charge in [-0.25, -0.2) is 0 Å². The van der Waals surface area contributed by atoms with Crippen molar-refractivity contribution in [2.24, 2.45) is 5.73 Å². The minimum atomic E-state index is -1.18. The zero-order valence-corrected chi connectivity index (χ0v) is 12.9. The first-order valence-corrected chi connectivity index (χ1v) is 8.15. The van der Waals surface area contributed by atoms with Crippen molar-refractivity contribution >= 4 is 23.6 Å². The highest BCUT2D eigenvalue weighted by molar-refractivity contribution is 7.99. The van der Waals surface area contributed by atoms with Gasteiger partial charge in [-0.3, -0.25) is 9.59 Å². The van der Waals surface area contributed by atoms with E-state index in [4.69, 9.17) is 5.73 Å². The van der Waals surface area contributed by atoms with Crippen LogP contribution in [0.1, 0.15) is 18.9 Å². The molecule has 0 saturated carbocycles. The monoisotopic (exact) mass is 307 g/mol. The molecule has 0 aromatic heterocycles. The maximum atomic E-state index is 12.2. The molecule has 1 saturated heterocycles. The number of nitrogens with one attached hydrogen (secondary N) is 2. The first-order chi connectivity index (χ1) is 10.0. The highest BCUT2D eigenvalue weighted by Gasteiger charge is 2.35. The summed E-state index contributed by atoms with van der Waals surface area (Å²) in [5.41, 5.74) is 5.02. The van der Waals surface area contributed by atoms with Crippen molar-refractivity contribution in [1.82, 2.24) is 10.6 Å². The van der Waals surface area contributed by atoms with E-state index in [1.807, 2.05) is 30.0 Å². The van der Waals surface area contributed by atoms with Crippen LogP contribution in [0, 0.1) is 0 Å². The van der Waals surface area contributed by atoms with Gasteiger partial charge in [0.15, 0.2) is 0 Å². The van der Waals surface area contributed by atoms with Gasteiger partial charge < -0.3 is 16.4 Å². The first-order valence-electron chi connectivity index (χ1n) is 7.00. The Morgan fingerprint density at radius 1 is 1.43 bits per heavy atom. The van der Waals surface area contributed by atoms with Crippen molar-refractivity contribution in [2.45, 2.75) is 24.9 Å². The lowest BCUT2D eigenvalue weighted by molar-refractivity contribution is -0.131. The zero-order chi connectivity index (χ0) is 15.3. The van der Waals surface area contributed by atoms with Crippen LogP contribution < -0.4 is 16.4 Å². The topological polar surface area (TPSA) is 84.2 Å². The molecule has 2 amide bonds. The molecule has 0 spiro atoms. The van der Waals surface area contributed by atoms with Gasteiger partial charge in [-0.2, -0.15) is 11.8 Å². The van der Waals surface area contributed by atoms with E-state index in [-0.39, 0.29) is 11.9 Å². The third-order valence-corrected chi connectivity index (χ3v) is 4.79. The van der Waals surface area contributed by atoms with E-state index in [1.165, 1.54) is 0 Å². The summed E-state index contributed by atoms with van der Waals surface area (Å²) in [5, 5.41) is 6.10. The number of thioether (sulfide) groups is 1. The molecular formula is C15H21N3O2S. The van der Waals surface area contributed by atoms with Crippen LogP contribution >= 0.6 is 11.8 Å². The third kappa shape index (κ3) is 3.98. The van der Waals surface area contributed by atoms with E-state index in [2.05, 4.69) is 10.6 Å². The molecule has 21 heavy (non-hydrogen) atoms. The Labute approximate surface area is 129 Å².